The van der Waals surface area contributed by atoms with Gasteiger partial charge in [-0.25, -0.2) is 22.8 Å². The summed E-state index contributed by atoms with van der Waals surface area (Å²) in [6.45, 7) is 7.20. The quantitative estimate of drug-likeness (QED) is 0.0520. The van der Waals surface area contributed by atoms with Crippen LogP contribution in [0.5, 0.6) is 23.0 Å². The zero-order chi connectivity index (χ0) is 47.8. The molecule has 2 heterocycles. The van der Waals surface area contributed by atoms with E-state index in [0.717, 1.165) is 23.7 Å². The number of benzene rings is 4. The number of methoxy groups -OCH3 is 2. The number of carbonyl (C=O) groups excluding carboxylic acids is 2. The molecule has 0 saturated carbocycles. The van der Waals surface area contributed by atoms with Crippen molar-refractivity contribution < 1.29 is 55.3 Å². The number of fused-ring (bicyclic) bond motifs is 1. The molecule has 6 rings (SSSR count). The van der Waals surface area contributed by atoms with Gasteiger partial charge in [0.05, 0.1) is 56.3 Å². The highest BCUT2D eigenvalue weighted by atomic mass is 32.2. The molecule has 19 nitrogen and oxygen atoms in total. The Morgan fingerprint density at radius 1 is 0.909 bits per heavy atom. The summed E-state index contributed by atoms with van der Waals surface area (Å²) < 4.78 is 72.2. The number of nitrogens with one attached hydrogen (secondary N) is 4. The maximum Gasteiger partial charge on any atom is 0.469 e. The van der Waals surface area contributed by atoms with Crippen LogP contribution < -0.4 is 39.8 Å². The zero-order valence-electron chi connectivity index (χ0n) is 37.3. The molecule has 1 saturated heterocycles. The number of rotatable bonds is 18. The number of sulfonamides is 1. The smallest absolute Gasteiger partial charge is 0.469 e. The third-order valence-corrected chi connectivity index (χ3v) is 13.4. The number of ether oxygens (including phenoxy) is 3. The Bertz CT molecular complexity index is 2760. The van der Waals surface area contributed by atoms with Gasteiger partial charge in [-0.2, -0.15) is 0 Å². The van der Waals surface area contributed by atoms with Gasteiger partial charge < -0.3 is 45.3 Å². The number of pyridine rings is 1. The van der Waals surface area contributed by atoms with Crippen molar-refractivity contribution in [3.8, 4) is 23.0 Å². The maximum atomic E-state index is 13.8. The van der Waals surface area contributed by atoms with Gasteiger partial charge in [-0.1, -0.05) is 45.0 Å². The van der Waals surface area contributed by atoms with E-state index in [4.69, 9.17) is 14.2 Å². The van der Waals surface area contributed by atoms with Crippen LogP contribution in [0.4, 0.5) is 33.4 Å². The van der Waals surface area contributed by atoms with Crippen LogP contribution in [0.3, 0.4) is 0 Å². The second-order valence-electron chi connectivity index (χ2n) is 16.2. The minimum Gasteiger partial charge on any atom is -0.496 e. The van der Waals surface area contributed by atoms with E-state index in [1.54, 1.807) is 60.8 Å². The van der Waals surface area contributed by atoms with Gasteiger partial charge in [0.25, 0.3) is 5.91 Å². The van der Waals surface area contributed by atoms with Gasteiger partial charge in [-0.15, -0.1) is 0 Å². The molecule has 0 radical (unpaired) electrons. The summed E-state index contributed by atoms with van der Waals surface area (Å²) in [7, 11) is -6.92. The molecule has 1 fully saturated rings. The second kappa shape index (κ2) is 21.2. The first-order valence-electron chi connectivity index (χ1n) is 20.7. The third kappa shape index (κ3) is 13.2. The molecule has 22 heteroatoms. The van der Waals surface area contributed by atoms with Crippen molar-refractivity contribution in [3.63, 3.8) is 0 Å². The largest absolute Gasteiger partial charge is 0.496 e. The van der Waals surface area contributed by atoms with Crippen LogP contribution in [0, 0.1) is 0 Å². The fraction of sp³-hybridized carbons (Fsp3) is 0.341. The van der Waals surface area contributed by atoms with Crippen LogP contribution in [0.2, 0.25) is 0 Å². The molecule has 1 aliphatic rings. The number of phosphoric acid groups is 1. The number of urea groups is 1. The van der Waals surface area contributed by atoms with Gasteiger partial charge in [-0.3, -0.25) is 22.7 Å². The highest BCUT2D eigenvalue weighted by Gasteiger charge is 2.29. The predicted molar refractivity (Wildman–Crippen MR) is 256 cm³/mol. The molecule has 0 spiro atoms. The first kappa shape index (κ1) is 49.6. The van der Waals surface area contributed by atoms with Crippen LogP contribution in [0.15, 0.2) is 85.1 Å². The van der Waals surface area contributed by atoms with Gasteiger partial charge in [-0.05, 0) is 53.4 Å². The summed E-state index contributed by atoms with van der Waals surface area (Å²) in [4.78, 5) is 51.9. The zero-order valence-corrected chi connectivity index (χ0v) is 39.8. The molecule has 6 N–H and O–H groups in total. The lowest BCUT2D eigenvalue weighted by Gasteiger charge is -2.29. The number of hydrogen-bond acceptors (Lipinski definition) is 13. The molecule has 5 aromatic rings. The SMILES string of the molecule is COc1cc(Nc2cc(Oc3ccc(NC(=O)Nc4cc(C(C)(C)C)cc(N(CCOP(=O)(O)O)S(C)(=O)=O)c4OC)c4ccccc34)ccn2)ccc1C(=O)NCCN1CCS(=O)CC1. The number of hydrogen-bond donors (Lipinski definition) is 6. The molecule has 0 atom stereocenters. The Kier molecular flexibility index (Phi) is 16.0. The summed E-state index contributed by atoms with van der Waals surface area (Å²) in [5, 5.41) is 13.2. The van der Waals surface area contributed by atoms with Crippen LogP contribution in [-0.2, 0) is 35.3 Å². The highest BCUT2D eigenvalue weighted by molar-refractivity contribution is 7.92. The van der Waals surface area contributed by atoms with Crippen molar-refractivity contribution >= 4 is 79.9 Å². The van der Waals surface area contributed by atoms with Gasteiger partial charge >= 0.3 is 13.9 Å². The Hall–Kier alpha value is -5.80. The van der Waals surface area contributed by atoms with Crippen LogP contribution in [0.25, 0.3) is 10.8 Å². The summed E-state index contributed by atoms with van der Waals surface area (Å²) in [5.41, 5.74) is 1.66. The van der Waals surface area contributed by atoms with Crippen LogP contribution in [0.1, 0.15) is 36.7 Å². The predicted octanol–water partition coefficient (Wildman–Crippen LogP) is 6.40. The number of nitrogens with zero attached hydrogens (tertiary/aromatic N) is 3. The molecule has 4 aromatic carbocycles. The Balaban J connectivity index is 1.17. The average Bonchev–Trinajstić information content (AvgIpc) is 3.25. The summed E-state index contributed by atoms with van der Waals surface area (Å²) in [6, 6.07) is 21.8. The lowest BCUT2D eigenvalue weighted by molar-refractivity contribution is 0.0945. The molecular weight excluding hydrogens is 914 g/mol. The molecule has 0 unspecified atom stereocenters. The Labute approximate surface area is 385 Å². The standard InChI is InChI=1S/C44H54N7O12PS2/c1-44(2,3)29-25-36(41(61-5)37(26-29)51(66(6,58)59)19-22-62-64(54,55)56)49-43(53)48-35-13-14-38(33-10-8-7-9-32(33)35)63-31-15-16-45-40(28-31)47-30-11-12-34(39(27-30)60-4)42(52)46-17-18-50-20-23-65(57)24-21-50/h7-16,25-28H,17-24H2,1-6H3,(H,45,47)(H,46,52)(H2,48,49,53)(H2,54,55,56). The van der Waals surface area contributed by atoms with Crippen molar-refractivity contribution in [2.45, 2.75) is 26.2 Å². The first-order valence-corrected chi connectivity index (χ1v) is 25.5. The van der Waals surface area contributed by atoms with Crippen molar-refractivity contribution in [1.82, 2.24) is 15.2 Å². The van der Waals surface area contributed by atoms with E-state index in [0.29, 0.717) is 80.9 Å². The van der Waals surface area contributed by atoms with Gasteiger partial charge in [0.1, 0.15) is 23.1 Å². The van der Waals surface area contributed by atoms with Gasteiger partial charge in [0.2, 0.25) is 10.0 Å². The number of amides is 3. The van der Waals surface area contributed by atoms with Crippen molar-refractivity contribution in [3.05, 3.63) is 96.2 Å². The molecular formula is C44H54N7O12PS2. The van der Waals surface area contributed by atoms with E-state index >= 15 is 0 Å². The summed E-state index contributed by atoms with van der Waals surface area (Å²) >= 11 is 0. The van der Waals surface area contributed by atoms with E-state index < -0.39 is 53.2 Å². The number of aromatic nitrogens is 1. The van der Waals surface area contributed by atoms with E-state index in [-0.39, 0.29) is 23.0 Å². The molecule has 1 aliphatic heterocycles. The minimum atomic E-state index is -4.90. The fourth-order valence-electron chi connectivity index (χ4n) is 7.09. The molecule has 0 bridgehead atoms. The number of anilines is 5. The van der Waals surface area contributed by atoms with E-state index in [1.165, 1.54) is 14.2 Å². The molecule has 66 heavy (non-hydrogen) atoms. The van der Waals surface area contributed by atoms with Crippen LogP contribution >= 0.6 is 7.82 Å². The van der Waals surface area contributed by atoms with Gasteiger partial charge in [0.15, 0.2) is 5.75 Å². The van der Waals surface area contributed by atoms with Crippen LogP contribution in [-0.4, -0.2) is 116 Å². The Morgan fingerprint density at radius 3 is 2.29 bits per heavy atom. The minimum absolute atomic E-state index is 0.0143. The van der Waals surface area contributed by atoms with E-state index in [9.17, 15) is 36.6 Å². The molecule has 1 aromatic heterocycles. The van der Waals surface area contributed by atoms with Crippen molar-refractivity contribution in [2.24, 2.45) is 0 Å². The van der Waals surface area contributed by atoms with E-state index in [2.05, 4.69) is 35.7 Å². The molecule has 0 aliphatic carbocycles. The highest BCUT2D eigenvalue weighted by Crippen LogP contribution is 2.43. The van der Waals surface area contributed by atoms with Crippen molar-refractivity contribution in [1.29, 1.82) is 0 Å². The maximum absolute atomic E-state index is 13.8. The topological polar surface area (TPSA) is 247 Å². The second-order valence-corrected chi connectivity index (χ2v) is 21.0. The number of carbonyl (C=O) groups is 2. The van der Waals surface area contributed by atoms with Crippen molar-refractivity contribution in [2.75, 3.05) is 91.6 Å². The fourth-order valence-corrected chi connectivity index (χ4v) is 9.43. The Morgan fingerprint density at radius 2 is 1.62 bits per heavy atom. The molecule has 3 amide bonds. The third-order valence-electron chi connectivity index (χ3n) is 10.4. The normalized spacial score (nSPS) is 13.8. The summed E-state index contributed by atoms with van der Waals surface area (Å²) in [6.07, 6.45) is 2.52. The monoisotopic (exact) mass is 967 g/mol. The summed E-state index contributed by atoms with van der Waals surface area (Å²) in [5.74, 6) is 2.77. The van der Waals surface area contributed by atoms with Gasteiger partial charge in [0, 0.05) is 83.3 Å². The average molecular weight is 968 g/mol. The lowest BCUT2D eigenvalue weighted by atomic mass is 9.86. The molecule has 354 valence electrons. The number of phosphoric ester groups is 1. The first-order chi connectivity index (χ1) is 31.2. The lowest BCUT2D eigenvalue weighted by Crippen LogP contribution is -2.42. The van der Waals surface area contributed by atoms with E-state index in [1.807, 2.05) is 45.0 Å².